The van der Waals surface area contributed by atoms with Crippen LogP contribution in [0.4, 0.5) is 0 Å². The van der Waals surface area contributed by atoms with Crippen molar-refractivity contribution in [3.05, 3.63) is 18.2 Å². The summed E-state index contributed by atoms with van der Waals surface area (Å²) in [6, 6.07) is 1.08. The van der Waals surface area contributed by atoms with Crippen molar-refractivity contribution < 1.29 is 0 Å². The van der Waals surface area contributed by atoms with E-state index in [0.29, 0.717) is 12.1 Å². The number of nitrogens with zero attached hydrogens (tertiary/aromatic N) is 4. The van der Waals surface area contributed by atoms with Crippen LogP contribution in [0.1, 0.15) is 25.6 Å². The zero-order valence-corrected chi connectivity index (χ0v) is 12.6. The van der Waals surface area contributed by atoms with Crippen molar-refractivity contribution in [3.8, 4) is 0 Å². The Balaban J connectivity index is 2.03. The normalized spacial score (nSPS) is 20.1. The SMILES string of the molecule is CNCC(c1cncn1C)N1CCN(C(C)C)CC1. The van der Waals surface area contributed by atoms with Crippen LogP contribution in [0.5, 0.6) is 0 Å². The van der Waals surface area contributed by atoms with Gasteiger partial charge in [0.05, 0.1) is 18.1 Å². The van der Waals surface area contributed by atoms with E-state index in [9.17, 15) is 0 Å². The molecule has 1 saturated heterocycles. The van der Waals surface area contributed by atoms with E-state index in [1.54, 1.807) is 0 Å². The van der Waals surface area contributed by atoms with E-state index in [1.807, 2.05) is 19.6 Å². The van der Waals surface area contributed by atoms with Crippen LogP contribution in [-0.4, -0.2) is 65.2 Å². The first-order valence-electron chi connectivity index (χ1n) is 7.22. The number of aryl methyl sites for hydroxylation is 1. The standard InChI is InChI=1S/C14H27N5/c1-12(2)18-5-7-19(8-6-18)14(9-15-3)13-10-16-11-17(13)4/h10-12,14-15H,5-9H2,1-4H3. The highest BCUT2D eigenvalue weighted by molar-refractivity contribution is 5.06. The van der Waals surface area contributed by atoms with Gasteiger partial charge >= 0.3 is 0 Å². The Morgan fingerprint density at radius 3 is 2.32 bits per heavy atom. The van der Waals surface area contributed by atoms with Gasteiger partial charge in [-0.3, -0.25) is 9.80 Å². The van der Waals surface area contributed by atoms with Crippen molar-refractivity contribution in [3.63, 3.8) is 0 Å². The Hall–Kier alpha value is -0.910. The molecule has 1 atom stereocenters. The van der Waals surface area contributed by atoms with E-state index < -0.39 is 0 Å². The average Bonchev–Trinajstić information content (AvgIpc) is 2.82. The second kappa shape index (κ2) is 6.50. The minimum absolute atomic E-state index is 0.423. The van der Waals surface area contributed by atoms with Crippen molar-refractivity contribution in [2.75, 3.05) is 39.8 Å². The number of nitrogens with one attached hydrogen (secondary N) is 1. The molecule has 1 aromatic heterocycles. The summed E-state index contributed by atoms with van der Waals surface area (Å²) in [6.45, 7) is 10.1. The fourth-order valence-electron chi connectivity index (χ4n) is 2.87. The first kappa shape index (κ1) is 14.5. The minimum Gasteiger partial charge on any atom is -0.336 e. The maximum atomic E-state index is 4.26. The van der Waals surface area contributed by atoms with E-state index >= 15 is 0 Å². The van der Waals surface area contributed by atoms with Gasteiger partial charge in [-0.25, -0.2) is 4.98 Å². The average molecular weight is 265 g/mol. The molecule has 1 aromatic rings. The molecule has 1 N–H and O–H groups in total. The van der Waals surface area contributed by atoms with Gasteiger partial charge in [0.2, 0.25) is 0 Å². The summed E-state index contributed by atoms with van der Waals surface area (Å²) in [5.41, 5.74) is 1.30. The van der Waals surface area contributed by atoms with Gasteiger partial charge in [-0.15, -0.1) is 0 Å². The fourth-order valence-corrected chi connectivity index (χ4v) is 2.87. The van der Waals surface area contributed by atoms with Crippen LogP contribution in [0.15, 0.2) is 12.5 Å². The molecule has 0 amide bonds. The zero-order chi connectivity index (χ0) is 13.8. The number of hydrogen-bond acceptors (Lipinski definition) is 4. The predicted octanol–water partition coefficient (Wildman–Crippen LogP) is 0.707. The Morgan fingerprint density at radius 2 is 1.84 bits per heavy atom. The van der Waals surface area contributed by atoms with Crippen LogP contribution in [-0.2, 0) is 7.05 Å². The monoisotopic (exact) mass is 265 g/mol. The summed E-state index contributed by atoms with van der Waals surface area (Å²) >= 11 is 0. The van der Waals surface area contributed by atoms with E-state index in [-0.39, 0.29) is 0 Å². The minimum atomic E-state index is 0.423. The van der Waals surface area contributed by atoms with Gasteiger partial charge in [0.15, 0.2) is 0 Å². The third kappa shape index (κ3) is 3.35. The molecule has 0 aromatic carbocycles. The molecular weight excluding hydrogens is 238 g/mol. The first-order valence-corrected chi connectivity index (χ1v) is 7.22. The Kier molecular flexibility index (Phi) is 4.96. The Morgan fingerprint density at radius 1 is 1.21 bits per heavy atom. The Labute approximate surface area is 116 Å². The number of rotatable bonds is 5. The molecule has 19 heavy (non-hydrogen) atoms. The summed E-state index contributed by atoms with van der Waals surface area (Å²) in [5.74, 6) is 0. The van der Waals surface area contributed by atoms with E-state index in [2.05, 4.69) is 45.6 Å². The molecular formula is C14H27N5. The summed E-state index contributed by atoms with van der Waals surface area (Å²) in [5, 5.41) is 3.32. The van der Waals surface area contributed by atoms with Crippen molar-refractivity contribution in [1.82, 2.24) is 24.7 Å². The van der Waals surface area contributed by atoms with E-state index in [4.69, 9.17) is 0 Å². The van der Waals surface area contributed by atoms with Gasteiger partial charge in [-0.05, 0) is 20.9 Å². The highest BCUT2D eigenvalue weighted by atomic mass is 15.3. The summed E-state index contributed by atoms with van der Waals surface area (Å²) in [7, 11) is 4.10. The third-order valence-electron chi connectivity index (χ3n) is 4.11. The summed E-state index contributed by atoms with van der Waals surface area (Å²) < 4.78 is 2.14. The molecule has 2 rings (SSSR count). The third-order valence-corrected chi connectivity index (χ3v) is 4.11. The molecule has 0 radical (unpaired) electrons. The van der Waals surface area contributed by atoms with Crippen LogP contribution >= 0.6 is 0 Å². The molecule has 0 spiro atoms. The molecule has 5 heteroatoms. The Bertz CT molecular complexity index is 379. The van der Waals surface area contributed by atoms with E-state index in [1.165, 1.54) is 5.69 Å². The van der Waals surface area contributed by atoms with Gasteiger partial charge < -0.3 is 9.88 Å². The largest absolute Gasteiger partial charge is 0.336 e. The molecule has 0 saturated carbocycles. The lowest BCUT2D eigenvalue weighted by molar-refractivity contribution is 0.0757. The van der Waals surface area contributed by atoms with Crippen LogP contribution in [0, 0.1) is 0 Å². The second-order valence-electron chi connectivity index (χ2n) is 5.67. The van der Waals surface area contributed by atoms with E-state index in [0.717, 1.165) is 32.7 Å². The quantitative estimate of drug-likeness (QED) is 0.850. The van der Waals surface area contributed by atoms with Crippen LogP contribution < -0.4 is 5.32 Å². The fraction of sp³-hybridized carbons (Fsp3) is 0.786. The molecule has 0 aliphatic carbocycles. The van der Waals surface area contributed by atoms with Crippen molar-refractivity contribution >= 4 is 0 Å². The molecule has 1 unspecified atom stereocenters. The van der Waals surface area contributed by atoms with Crippen molar-refractivity contribution in [2.24, 2.45) is 7.05 Å². The lowest BCUT2D eigenvalue weighted by atomic mass is 10.1. The van der Waals surface area contributed by atoms with Gasteiger partial charge in [-0.2, -0.15) is 0 Å². The van der Waals surface area contributed by atoms with Gasteiger partial charge in [-0.1, -0.05) is 0 Å². The lowest BCUT2D eigenvalue weighted by Gasteiger charge is -2.40. The molecule has 1 aliphatic heterocycles. The predicted molar refractivity (Wildman–Crippen MR) is 78.2 cm³/mol. The van der Waals surface area contributed by atoms with Gasteiger partial charge in [0, 0.05) is 52.0 Å². The van der Waals surface area contributed by atoms with Gasteiger partial charge in [0.25, 0.3) is 0 Å². The van der Waals surface area contributed by atoms with Gasteiger partial charge in [0.1, 0.15) is 0 Å². The molecule has 1 aliphatic rings. The lowest BCUT2D eigenvalue weighted by Crippen LogP contribution is -2.51. The molecule has 2 heterocycles. The topological polar surface area (TPSA) is 36.3 Å². The maximum absolute atomic E-state index is 4.26. The van der Waals surface area contributed by atoms with Crippen molar-refractivity contribution in [1.29, 1.82) is 0 Å². The number of likely N-dealkylation sites (N-methyl/N-ethyl adjacent to an activating group) is 1. The second-order valence-corrected chi connectivity index (χ2v) is 5.67. The van der Waals surface area contributed by atoms with Crippen LogP contribution in [0.2, 0.25) is 0 Å². The molecule has 108 valence electrons. The van der Waals surface area contributed by atoms with Crippen LogP contribution in [0.25, 0.3) is 0 Å². The maximum Gasteiger partial charge on any atom is 0.0946 e. The summed E-state index contributed by atoms with van der Waals surface area (Å²) in [6.07, 6.45) is 3.89. The number of imidazole rings is 1. The van der Waals surface area contributed by atoms with Crippen LogP contribution in [0.3, 0.4) is 0 Å². The number of hydrogen-bond donors (Lipinski definition) is 1. The molecule has 5 nitrogen and oxygen atoms in total. The van der Waals surface area contributed by atoms with Crippen molar-refractivity contribution in [2.45, 2.75) is 25.9 Å². The number of piperazine rings is 1. The zero-order valence-electron chi connectivity index (χ0n) is 12.6. The number of aromatic nitrogens is 2. The smallest absolute Gasteiger partial charge is 0.0946 e. The molecule has 1 fully saturated rings. The summed E-state index contributed by atoms with van der Waals surface area (Å²) in [4.78, 5) is 9.39. The first-order chi connectivity index (χ1) is 9.13. The highest BCUT2D eigenvalue weighted by Crippen LogP contribution is 2.21. The highest BCUT2D eigenvalue weighted by Gasteiger charge is 2.26. The molecule has 0 bridgehead atoms.